The lowest BCUT2D eigenvalue weighted by Gasteiger charge is -2.22. The monoisotopic (exact) mass is 349 g/mol. The molecule has 0 spiro atoms. The molecule has 0 atom stereocenters. The molecule has 1 heterocycles. The molecule has 0 aliphatic rings. The molecule has 1 aromatic heterocycles. The fraction of sp³-hybridized carbons (Fsp3) is 0.333. The van der Waals surface area contributed by atoms with Gasteiger partial charge in [0.1, 0.15) is 0 Å². The van der Waals surface area contributed by atoms with E-state index in [-0.39, 0.29) is 0 Å². The van der Waals surface area contributed by atoms with Crippen LogP contribution in [0.3, 0.4) is 0 Å². The summed E-state index contributed by atoms with van der Waals surface area (Å²) in [5.74, 6) is 0.863. The van der Waals surface area contributed by atoms with Crippen molar-refractivity contribution in [2.45, 2.75) is 13.1 Å². The van der Waals surface area contributed by atoms with Gasteiger partial charge in [0.15, 0.2) is 5.96 Å². The Labute approximate surface area is 133 Å². The molecule has 112 valence electrons. The average Bonchev–Trinajstić information content (AvgIpc) is 2.88. The van der Waals surface area contributed by atoms with Crippen LogP contribution in [0.15, 0.2) is 46.1 Å². The van der Waals surface area contributed by atoms with Gasteiger partial charge in [0.25, 0.3) is 0 Å². The minimum atomic E-state index is 0.713. The Balaban J connectivity index is 1.92. The number of nitrogens with one attached hydrogen (secondary N) is 1. The third-order valence-electron chi connectivity index (χ3n) is 3.12. The molecule has 0 radical (unpaired) electrons. The van der Waals surface area contributed by atoms with Crippen LogP contribution in [-0.4, -0.2) is 34.7 Å². The van der Waals surface area contributed by atoms with Crippen molar-refractivity contribution >= 4 is 21.9 Å². The van der Waals surface area contributed by atoms with Gasteiger partial charge in [-0.2, -0.15) is 5.10 Å². The molecule has 0 saturated carbocycles. The Bertz CT molecular complexity index is 603. The second kappa shape index (κ2) is 7.26. The Morgan fingerprint density at radius 2 is 2.05 bits per heavy atom. The molecule has 2 aromatic rings. The van der Waals surface area contributed by atoms with Gasteiger partial charge >= 0.3 is 0 Å². The molecule has 0 bridgehead atoms. The van der Waals surface area contributed by atoms with E-state index in [1.807, 2.05) is 26.5 Å². The van der Waals surface area contributed by atoms with E-state index in [0.717, 1.165) is 22.5 Å². The first-order chi connectivity index (χ1) is 10.1. The van der Waals surface area contributed by atoms with E-state index in [4.69, 9.17) is 0 Å². The van der Waals surface area contributed by atoms with Gasteiger partial charge in [-0.15, -0.1) is 0 Å². The van der Waals surface area contributed by atoms with Crippen LogP contribution >= 0.6 is 15.9 Å². The number of guanidine groups is 1. The number of rotatable bonds is 4. The van der Waals surface area contributed by atoms with Gasteiger partial charge in [-0.25, -0.2) is 0 Å². The molecule has 2 rings (SSSR count). The molecule has 0 unspecified atom stereocenters. The van der Waals surface area contributed by atoms with Gasteiger partial charge in [-0.1, -0.05) is 28.1 Å². The summed E-state index contributed by atoms with van der Waals surface area (Å²) in [6.45, 7) is 1.52. The maximum atomic E-state index is 4.32. The average molecular weight is 350 g/mol. The number of nitrogens with zero attached hydrogens (tertiary/aromatic N) is 4. The number of halogens is 1. The van der Waals surface area contributed by atoms with Crippen LogP contribution in [-0.2, 0) is 20.1 Å². The number of aliphatic imine (C=N–C) groups is 1. The Morgan fingerprint density at radius 3 is 2.62 bits per heavy atom. The van der Waals surface area contributed by atoms with Gasteiger partial charge < -0.3 is 10.2 Å². The normalized spacial score (nSPS) is 11.5. The van der Waals surface area contributed by atoms with Crippen molar-refractivity contribution in [3.63, 3.8) is 0 Å². The number of hydrogen-bond donors (Lipinski definition) is 1. The fourth-order valence-corrected chi connectivity index (χ4v) is 2.33. The summed E-state index contributed by atoms with van der Waals surface area (Å²) in [6, 6.07) is 8.31. The van der Waals surface area contributed by atoms with Crippen molar-refractivity contribution in [1.82, 2.24) is 20.0 Å². The zero-order chi connectivity index (χ0) is 15.2. The van der Waals surface area contributed by atoms with E-state index in [2.05, 4.69) is 60.5 Å². The predicted molar refractivity (Wildman–Crippen MR) is 89.0 cm³/mol. The molecule has 0 amide bonds. The Morgan fingerprint density at radius 1 is 1.33 bits per heavy atom. The highest BCUT2D eigenvalue weighted by molar-refractivity contribution is 9.10. The summed E-state index contributed by atoms with van der Waals surface area (Å²) in [5.41, 5.74) is 2.38. The first kappa shape index (κ1) is 15.6. The second-order valence-electron chi connectivity index (χ2n) is 4.91. The van der Waals surface area contributed by atoms with Gasteiger partial charge in [-0.05, 0) is 17.7 Å². The van der Waals surface area contributed by atoms with Gasteiger partial charge in [0, 0.05) is 50.5 Å². The van der Waals surface area contributed by atoms with Crippen molar-refractivity contribution in [2.75, 3.05) is 14.1 Å². The standard InChI is InChI=1S/C15H20BrN5/c1-17-15(18-8-13-9-19-21(3)11-13)20(2)10-12-4-6-14(16)7-5-12/h4-7,9,11H,8,10H2,1-3H3,(H,17,18). The lowest BCUT2D eigenvalue weighted by molar-refractivity contribution is 0.476. The quantitative estimate of drug-likeness (QED) is 0.680. The summed E-state index contributed by atoms with van der Waals surface area (Å²) in [6.07, 6.45) is 3.85. The molecule has 0 saturated heterocycles. The van der Waals surface area contributed by atoms with Crippen LogP contribution in [0.4, 0.5) is 0 Å². The minimum absolute atomic E-state index is 0.713. The minimum Gasteiger partial charge on any atom is -0.352 e. The van der Waals surface area contributed by atoms with Crippen LogP contribution in [0, 0.1) is 0 Å². The number of hydrogen-bond acceptors (Lipinski definition) is 2. The molecule has 1 N–H and O–H groups in total. The summed E-state index contributed by atoms with van der Waals surface area (Å²) in [7, 11) is 5.74. The summed E-state index contributed by atoms with van der Waals surface area (Å²) in [5, 5.41) is 7.50. The molecular formula is C15H20BrN5. The lowest BCUT2D eigenvalue weighted by Crippen LogP contribution is -2.37. The van der Waals surface area contributed by atoms with Crippen molar-refractivity contribution in [2.24, 2.45) is 12.0 Å². The van der Waals surface area contributed by atoms with Crippen LogP contribution < -0.4 is 5.32 Å². The summed E-state index contributed by atoms with van der Waals surface area (Å²) in [4.78, 5) is 6.42. The van der Waals surface area contributed by atoms with Gasteiger partial charge in [0.05, 0.1) is 6.20 Å². The lowest BCUT2D eigenvalue weighted by atomic mass is 10.2. The Kier molecular flexibility index (Phi) is 5.38. The predicted octanol–water partition coefficient (Wildman–Crippen LogP) is 2.39. The van der Waals surface area contributed by atoms with Gasteiger partial charge in [-0.3, -0.25) is 9.67 Å². The maximum absolute atomic E-state index is 4.32. The highest BCUT2D eigenvalue weighted by Crippen LogP contribution is 2.11. The zero-order valence-electron chi connectivity index (χ0n) is 12.5. The van der Waals surface area contributed by atoms with Crippen molar-refractivity contribution in [3.05, 3.63) is 52.3 Å². The van der Waals surface area contributed by atoms with E-state index in [1.54, 1.807) is 11.7 Å². The highest BCUT2D eigenvalue weighted by Gasteiger charge is 2.07. The molecule has 21 heavy (non-hydrogen) atoms. The van der Waals surface area contributed by atoms with Gasteiger partial charge in [0.2, 0.25) is 0 Å². The van der Waals surface area contributed by atoms with E-state index in [1.165, 1.54) is 5.56 Å². The van der Waals surface area contributed by atoms with Crippen LogP contribution in [0.2, 0.25) is 0 Å². The third-order valence-corrected chi connectivity index (χ3v) is 3.64. The molecule has 5 nitrogen and oxygen atoms in total. The zero-order valence-corrected chi connectivity index (χ0v) is 14.1. The molecule has 1 aromatic carbocycles. The largest absolute Gasteiger partial charge is 0.352 e. The first-order valence-corrected chi connectivity index (χ1v) is 7.51. The van der Waals surface area contributed by atoms with E-state index < -0.39 is 0 Å². The molecule has 0 aliphatic carbocycles. The third kappa shape index (κ3) is 4.60. The molecule has 0 aliphatic heterocycles. The van der Waals surface area contributed by atoms with Crippen molar-refractivity contribution in [3.8, 4) is 0 Å². The first-order valence-electron chi connectivity index (χ1n) is 6.72. The number of benzene rings is 1. The van der Waals surface area contributed by atoms with Crippen molar-refractivity contribution < 1.29 is 0 Å². The maximum Gasteiger partial charge on any atom is 0.193 e. The number of aryl methyl sites for hydroxylation is 1. The Hall–Kier alpha value is -1.82. The number of aromatic nitrogens is 2. The van der Waals surface area contributed by atoms with Crippen LogP contribution in [0.25, 0.3) is 0 Å². The topological polar surface area (TPSA) is 45.5 Å². The van der Waals surface area contributed by atoms with E-state index >= 15 is 0 Å². The summed E-state index contributed by atoms with van der Waals surface area (Å²) < 4.78 is 2.89. The molecule has 6 heteroatoms. The second-order valence-corrected chi connectivity index (χ2v) is 5.82. The summed E-state index contributed by atoms with van der Waals surface area (Å²) >= 11 is 3.45. The highest BCUT2D eigenvalue weighted by atomic mass is 79.9. The van der Waals surface area contributed by atoms with Crippen LogP contribution in [0.1, 0.15) is 11.1 Å². The molecule has 0 fully saturated rings. The van der Waals surface area contributed by atoms with Crippen molar-refractivity contribution in [1.29, 1.82) is 0 Å². The SMILES string of the molecule is CN=C(NCc1cnn(C)c1)N(C)Cc1ccc(Br)cc1. The van der Waals surface area contributed by atoms with E-state index in [9.17, 15) is 0 Å². The smallest absolute Gasteiger partial charge is 0.193 e. The molecular weight excluding hydrogens is 330 g/mol. The van der Waals surface area contributed by atoms with E-state index in [0.29, 0.717) is 6.54 Å². The fourth-order valence-electron chi connectivity index (χ4n) is 2.07. The van der Waals surface area contributed by atoms with Crippen LogP contribution in [0.5, 0.6) is 0 Å².